The van der Waals surface area contributed by atoms with Gasteiger partial charge in [-0.05, 0) is 46.6 Å². The number of fused-ring (bicyclic) bond motifs is 5. The van der Waals surface area contributed by atoms with Gasteiger partial charge in [0.25, 0.3) is 0 Å². The number of allylic oxidation sites excluding steroid dienone is 2. The molecule has 0 nitrogen and oxygen atoms in total. The Kier molecular flexibility index (Phi) is 2.41. The molecule has 2 aliphatic rings. The Balaban J connectivity index is 1.96. The number of hydrogen-bond acceptors (Lipinski definition) is 0. The first-order chi connectivity index (χ1) is 9.40. The molecule has 0 spiro atoms. The minimum atomic E-state index is 0.627. The standard InChI is InChI=1S/C19H16/c1-2-7-17-13-18-12-14(11-16(17)6-1)9-10-15-5-3-4-8-19(15)18/h1-10,13-14H,11-12H2. The lowest BCUT2D eigenvalue weighted by atomic mass is 9.94. The van der Waals surface area contributed by atoms with Crippen LogP contribution in [0.3, 0.4) is 0 Å². The Labute approximate surface area is 114 Å². The molecule has 19 heavy (non-hydrogen) atoms. The molecule has 1 atom stereocenters. The van der Waals surface area contributed by atoms with Gasteiger partial charge in [0, 0.05) is 0 Å². The smallest absolute Gasteiger partial charge is 0.0149 e. The van der Waals surface area contributed by atoms with Crippen LogP contribution in [0.1, 0.15) is 28.7 Å². The maximum atomic E-state index is 2.39. The monoisotopic (exact) mass is 244 g/mol. The van der Waals surface area contributed by atoms with Crippen LogP contribution in [0.5, 0.6) is 0 Å². The van der Waals surface area contributed by atoms with Gasteiger partial charge in [-0.15, -0.1) is 0 Å². The average Bonchev–Trinajstić information content (AvgIpc) is 2.74. The zero-order valence-electron chi connectivity index (χ0n) is 10.8. The van der Waals surface area contributed by atoms with E-state index < -0.39 is 0 Å². The van der Waals surface area contributed by atoms with E-state index in [-0.39, 0.29) is 0 Å². The second-order valence-corrected chi connectivity index (χ2v) is 5.48. The van der Waals surface area contributed by atoms with Crippen molar-refractivity contribution < 1.29 is 0 Å². The van der Waals surface area contributed by atoms with Crippen molar-refractivity contribution in [2.45, 2.75) is 12.8 Å². The van der Waals surface area contributed by atoms with Gasteiger partial charge >= 0.3 is 0 Å². The van der Waals surface area contributed by atoms with Crippen molar-refractivity contribution in [1.29, 1.82) is 0 Å². The van der Waals surface area contributed by atoms with Gasteiger partial charge in [0.15, 0.2) is 0 Å². The lowest BCUT2D eigenvalue weighted by Crippen LogP contribution is -1.99. The predicted octanol–water partition coefficient (Wildman–Crippen LogP) is 4.82. The number of rotatable bonds is 0. The normalized spacial score (nSPS) is 19.8. The molecule has 0 saturated carbocycles. The second-order valence-electron chi connectivity index (χ2n) is 5.48. The average molecular weight is 244 g/mol. The summed E-state index contributed by atoms with van der Waals surface area (Å²) in [5.41, 5.74) is 7.11. The summed E-state index contributed by atoms with van der Waals surface area (Å²) in [5.74, 6) is 0.627. The first-order valence-electron chi connectivity index (χ1n) is 6.96. The van der Waals surface area contributed by atoms with E-state index in [1.165, 1.54) is 27.8 Å². The summed E-state index contributed by atoms with van der Waals surface area (Å²) in [5, 5.41) is 0. The fourth-order valence-corrected chi connectivity index (χ4v) is 3.24. The van der Waals surface area contributed by atoms with Crippen LogP contribution in [0.25, 0.3) is 17.7 Å². The van der Waals surface area contributed by atoms with Gasteiger partial charge in [0.1, 0.15) is 0 Å². The van der Waals surface area contributed by atoms with Crippen molar-refractivity contribution in [2.24, 2.45) is 5.92 Å². The van der Waals surface area contributed by atoms with Crippen molar-refractivity contribution in [3.63, 3.8) is 0 Å². The molecule has 2 aromatic rings. The molecule has 4 rings (SSSR count). The predicted molar refractivity (Wildman–Crippen MR) is 81.6 cm³/mol. The van der Waals surface area contributed by atoms with E-state index in [9.17, 15) is 0 Å². The molecule has 2 bridgehead atoms. The van der Waals surface area contributed by atoms with Crippen LogP contribution in [0.4, 0.5) is 0 Å². The van der Waals surface area contributed by atoms with Crippen LogP contribution >= 0.6 is 0 Å². The summed E-state index contributed by atoms with van der Waals surface area (Å²) in [6, 6.07) is 17.5. The highest BCUT2D eigenvalue weighted by atomic mass is 14.2. The van der Waals surface area contributed by atoms with Crippen LogP contribution in [0, 0.1) is 5.92 Å². The maximum absolute atomic E-state index is 2.39. The Hall–Kier alpha value is -2.08. The molecule has 2 aromatic carbocycles. The van der Waals surface area contributed by atoms with E-state index >= 15 is 0 Å². The molecular formula is C19H16. The lowest BCUT2D eigenvalue weighted by Gasteiger charge is -2.10. The van der Waals surface area contributed by atoms with Crippen molar-refractivity contribution in [3.05, 3.63) is 76.9 Å². The highest BCUT2D eigenvalue weighted by molar-refractivity contribution is 5.87. The molecule has 0 heterocycles. The minimum Gasteiger partial charge on any atom is -0.0801 e. The second kappa shape index (κ2) is 4.24. The number of hydrogen-bond donors (Lipinski definition) is 0. The van der Waals surface area contributed by atoms with Crippen molar-refractivity contribution in [1.82, 2.24) is 0 Å². The molecule has 0 saturated heterocycles. The first kappa shape index (κ1) is 10.8. The zero-order valence-corrected chi connectivity index (χ0v) is 10.8. The molecule has 0 fully saturated rings. The molecule has 0 radical (unpaired) electrons. The third-order valence-corrected chi connectivity index (χ3v) is 4.20. The van der Waals surface area contributed by atoms with E-state index in [0.29, 0.717) is 5.92 Å². The SMILES string of the molecule is C1=CC2CC(=Cc3ccccc3C2)c2ccccc21. The van der Waals surface area contributed by atoms with Crippen molar-refractivity contribution in [2.75, 3.05) is 0 Å². The van der Waals surface area contributed by atoms with Gasteiger partial charge in [-0.3, -0.25) is 0 Å². The summed E-state index contributed by atoms with van der Waals surface area (Å²) in [7, 11) is 0. The van der Waals surface area contributed by atoms with Gasteiger partial charge in [-0.25, -0.2) is 0 Å². The fourth-order valence-electron chi connectivity index (χ4n) is 3.24. The third-order valence-electron chi connectivity index (χ3n) is 4.20. The van der Waals surface area contributed by atoms with Crippen LogP contribution in [-0.2, 0) is 6.42 Å². The molecule has 0 amide bonds. The van der Waals surface area contributed by atoms with Gasteiger partial charge < -0.3 is 0 Å². The van der Waals surface area contributed by atoms with Crippen LogP contribution in [0.15, 0.2) is 54.6 Å². The van der Waals surface area contributed by atoms with E-state index in [4.69, 9.17) is 0 Å². The Morgan fingerprint density at radius 1 is 0.789 bits per heavy atom. The van der Waals surface area contributed by atoms with E-state index in [0.717, 1.165) is 12.8 Å². The maximum Gasteiger partial charge on any atom is -0.0149 e. The molecule has 1 unspecified atom stereocenters. The quantitative estimate of drug-likeness (QED) is 0.623. The van der Waals surface area contributed by atoms with Crippen molar-refractivity contribution in [3.8, 4) is 0 Å². The zero-order chi connectivity index (χ0) is 12.7. The molecule has 0 N–H and O–H groups in total. The molecule has 2 aliphatic carbocycles. The van der Waals surface area contributed by atoms with Gasteiger partial charge in [0.2, 0.25) is 0 Å². The largest absolute Gasteiger partial charge is 0.0801 e. The summed E-state index contributed by atoms with van der Waals surface area (Å²) < 4.78 is 0. The highest BCUT2D eigenvalue weighted by Crippen LogP contribution is 2.37. The Morgan fingerprint density at radius 3 is 2.53 bits per heavy atom. The molecule has 0 aliphatic heterocycles. The molecular weight excluding hydrogens is 228 g/mol. The number of benzene rings is 2. The minimum absolute atomic E-state index is 0.627. The van der Waals surface area contributed by atoms with E-state index in [1.54, 1.807) is 0 Å². The van der Waals surface area contributed by atoms with Gasteiger partial charge in [0.05, 0.1) is 0 Å². The van der Waals surface area contributed by atoms with Crippen LogP contribution in [-0.4, -0.2) is 0 Å². The fraction of sp³-hybridized carbons (Fsp3) is 0.158. The third kappa shape index (κ3) is 1.84. The molecule has 92 valence electrons. The summed E-state index contributed by atoms with van der Waals surface area (Å²) in [6.07, 6.45) is 9.39. The van der Waals surface area contributed by atoms with Crippen molar-refractivity contribution >= 4 is 17.7 Å². The first-order valence-corrected chi connectivity index (χ1v) is 6.96. The Bertz CT molecular complexity index is 689. The lowest BCUT2D eigenvalue weighted by molar-refractivity contribution is 0.677. The topological polar surface area (TPSA) is 0 Å². The van der Waals surface area contributed by atoms with Gasteiger partial charge in [-0.1, -0.05) is 66.8 Å². The van der Waals surface area contributed by atoms with Crippen LogP contribution < -0.4 is 0 Å². The molecule has 0 heteroatoms. The van der Waals surface area contributed by atoms with E-state index in [2.05, 4.69) is 66.8 Å². The summed E-state index contributed by atoms with van der Waals surface area (Å²) in [6.45, 7) is 0. The van der Waals surface area contributed by atoms with E-state index in [1.807, 2.05) is 0 Å². The summed E-state index contributed by atoms with van der Waals surface area (Å²) >= 11 is 0. The van der Waals surface area contributed by atoms with Crippen LogP contribution in [0.2, 0.25) is 0 Å². The van der Waals surface area contributed by atoms with Gasteiger partial charge in [-0.2, -0.15) is 0 Å². The molecule has 0 aromatic heterocycles. The highest BCUT2D eigenvalue weighted by Gasteiger charge is 2.20. The Morgan fingerprint density at radius 2 is 1.58 bits per heavy atom. The summed E-state index contributed by atoms with van der Waals surface area (Å²) in [4.78, 5) is 0.